The maximum Gasteiger partial charge on any atom is 0.264 e. The van der Waals surface area contributed by atoms with Gasteiger partial charge in [0.2, 0.25) is 0 Å². The summed E-state index contributed by atoms with van der Waals surface area (Å²) in [5.41, 5.74) is 19.6. The van der Waals surface area contributed by atoms with E-state index in [0.29, 0.717) is 12.4 Å². The molecule has 6 heterocycles. The Morgan fingerprint density at radius 1 is 0.450 bits per heavy atom. The van der Waals surface area contributed by atoms with Gasteiger partial charge in [-0.25, -0.2) is 28.5 Å². The number of fused-ring (bicyclic) bond motifs is 3. The topological polar surface area (TPSA) is 182 Å². The fourth-order valence-electron chi connectivity index (χ4n) is 9.07. The van der Waals surface area contributed by atoms with E-state index in [1.165, 1.54) is 22.3 Å². The first-order valence-electron chi connectivity index (χ1n) is 26.2. The fraction of sp³-hybridized carbons (Fsp3) is 0.429. The van der Waals surface area contributed by atoms with Crippen molar-refractivity contribution in [3.05, 3.63) is 176 Å². The normalized spacial score (nSPS) is 10.8. The van der Waals surface area contributed by atoms with Crippen molar-refractivity contribution in [1.82, 2.24) is 43.8 Å². The van der Waals surface area contributed by atoms with E-state index >= 15 is 0 Å². The van der Waals surface area contributed by atoms with E-state index in [1.54, 1.807) is 0 Å². The first kappa shape index (κ1) is 67.1. The van der Waals surface area contributed by atoms with E-state index in [4.69, 9.17) is 49.6 Å². The molecule has 0 aliphatic rings. The minimum Gasteiger partial charge on any atom is -0.494 e. The fourth-order valence-corrected chi connectivity index (χ4v) is 9.44. The molecule has 0 saturated carbocycles. The molecule has 0 bridgehead atoms. The lowest BCUT2D eigenvalue weighted by Gasteiger charge is -2.08. The Morgan fingerprint density at radius 2 is 0.750 bits per heavy atom. The van der Waals surface area contributed by atoms with Crippen molar-refractivity contribution < 1.29 is 31.9 Å². The molecule has 434 valence electrons. The largest absolute Gasteiger partial charge is 0.494 e. The third kappa shape index (κ3) is 17.4. The summed E-state index contributed by atoms with van der Waals surface area (Å²) in [6.07, 6.45) is 7.06. The van der Waals surface area contributed by atoms with Crippen LogP contribution in [0.15, 0.2) is 91.0 Å². The van der Waals surface area contributed by atoms with Gasteiger partial charge in [-0.3, -0.25) is 4.18 Å². The van der Waals surface area contributed by atoms with Gasteiger partial charge in [-0.1, -0.05) is 93.8 Å². The van der Waals surface area contributed by atoms with Crippen LogP contribution in [0.1, 0.15) is 148 Å². The molecule has 0 aliphatic carbocycles. The Kier molecular flexibility index (Phi) is 26.0. The van der Waals surface area contributed by atoms with Gasteiger partial charge in [0, 0.05) is 70.1 Å². The van der Waals surface area contributed by atoms with Crippen molar-refractivity contribution in [2.45, 2.75) is 144 Å². The second kappa shape index (κ2) is 31.0. The van der Waals surface area contributed by atoms with Gasteiger partial charge in [-0.15, -0.1) is 0 Å². The van der Waals surface area contributed by atoms with Crippen molar-refractivity contribution in [2.24, 2.45) is 0 Å². The number of nitrogens with zero attached hydrogens (tertiary/aromatic N) is 9. The number of aliphatic hydroxyl groups excluding tert-OH is 1. The Bertz CT molecular complexity index is 3340. The second-order valence-corrected chi connectivity index (χ2v) is 20.6. The molecule has 0 saturated heterocycles. The number of hydrogen-bond donors (Lipinski definition) is 1. The van der Waals surface area contributed by atoms with Gasteiger partial charge in [0.05, 0.1) is 36.6 Å². The zero-order chi connectivity index (χ0) is 54.5. The van der Waals surface area contributed by atoms with Crippen molar-refractivity contribution in [1.29, 1.82) is 0 Å². The molecule has 17 heteroatoms. The van der Waals surface area contributed by atoms with Gasteiger partial charge in [-0.05, 0) is 139 Å². The van der Waals surface area contributed by atoms with E-state index in [-0.39, 0.29) is 49.5 Å². The standard InChI is InChI=1S/C20H25N3O4S.C20H25N3O.C19H23N3O2.4CH4/c1-5-19-18(20-21-14(2)12-15(3)23(20)22-19)13-16-6-8-17(9-7-16)26-10-11-27-28(4,24)25;1-5-11-24-17-9-7-16(8-10-17)13-18-19(6-2)22-23-15(4)12-14(3)21-20(18)23;1-4-18-17(19-20-13(2)11-14(3)22(19)21-18)12-15-5-7-16(8-6-15)24-10-9-23;;;;/h6-9,12H,5,10-11,13H2,1-4H3;7-10,12H,5-6,11,13H2,1-4H3;5-8,11,23H,4,9-10,12H2,1-3H3;4*1H4. The van der Waals surface area contributed by atoms with Crippen LogP contribution in [-0.4, -0.2) is 96.6 Å². The molecule has 0 aliphatic heterocycles. The Hall–Kier alpha value is -7.21. The highest BCUT2D eigenvalue weighted by atomic mass is 32.2. The molecule has 3 aromatic carbocycles. The predicted octanol–water partition coefficient (Wildman–Crippen LogP) is 12.6. The zero-order valence-electron chi connectivity index (χ0n) is 46.0. The third-order valence-electron chi connectivity index (χ3n) is 12.6. The monoisotopic (exact) mass is 1120 g/mol. The lowest BCUT2D eigenvalue weighted by Crippen LogP contribution is -2.11. The van der Waals surface area contributed by atoms with Crippen LogP contribution in [0.5, 0.6) is 17.2 Å². The van der Waals surface area contributed by atoms with Crippen molar-refractivity contribution >= 4 is 27.1 Å². The van der Waals surface area contributed by atoms with E-state index in [1.807, 2.05) is 95.8 Å². The van der Waals surface area contributed by atoms with E-state index in [0.717, 1.165) is 149 Å². The van der Waals surface area contributed by atoms with Crippen LogP contribution in [0, 0.1) is 41.5 Å². The number of ether oxygens (including phenoxy) is 3. The van der Waals surface area contributed by atoms with Crippen molar-refractivity contribution in [2.75, 3.05) is 39.3 Å². The first-order chi connectivity index (χ1) is 36.5. The molecule has 6 aromatic heterocycles. The van der Waals surface area contributed by atoms with Crippen LogP contribution in [0.4, 0.5) is 0 Å². The summed E-state index contributed by atoms with van der Waals surface area (Å²) in [7, 11) is -3.44. The summed E-state index contributed by atoms with van der Waals surface area (Å²) in [5, 5.41) is 23.0. The summed E-state index contributed by atoms with van der Waals surface area (Å²) in [6, 6.07) is 30.2. The highest BCUT2D eigenvalue weighted by molar-refractivity contribution is 7.85. The first-order valence-corrected chi connectivity index (χ1v) is 28.0. The molecule has 0 radical (unpaired) electrons. The molecule has 0 fully saturated rings. The summed E-state index contributed by atoms with van der Waals surface area (Å²) in [5.74, 6) is 2.37. The number of rotatable bonds is 20. The molecular weight excluding hydrogens is 1030 g/mol. The maximum absolute atomic E-state index is 10.9. The SMILES string of the molecule is C.C.C.C.CCCOc1ccc(Cc2c(CC)nn3c(C)cc(C)nc23)cc1.CCc1nn2c(C)cc(C)nc2c1Cc1ccc(OCCO)cc1.CCc1nn2c(C)cc(C)nc2c1Cc1ccc(OCCOS(C)(=O)=O)cc1. The minimum absolute atomic E-state index is 0. The van der Waals surface area contributed by atoms with Crippen LogP contribution in [0.2, 0.25) is 0 Å². The van der Waals surface area contributed by atoms with Gasteiger partial charge >= 0.3 is 0 Å². The highest BCUT2D eigenvalue weighted by Gasteiger charge is 2.18. The average molecular weight is 1120 g/mol. The van der Waals surface area contributed by atoms with Gasteiger partial charge < -0.3 is 19.3 Å². The van der Waals surface area contributed by atoms with Gasteiger partial charge in [-0.2, -0.15) is 23.7 Å². The Balaban J connectivity index is 0.000000309. The summed E-state index contributed by atoms with van der Waals surface area (Å²) >= 11 is 0. The number of aliphatic hydroxyl groups is 1. The Morgan fingerprint density at radius 3 is 1.02 bits per heavy atom. The molecule has 9 aromatic rings. The number of hydrogen-bond acceptors (Lipinski definition) is 13. The highest BCUT2D eigenvalue weighted by Crippen LogP contribution is 2.26. The second-order valence-electron chi connectivity index (χ2n) is 18.9. The number of aryl methyl sites for hydroxylation is 9. The lowest BCUT2D eigenvalue weighted by atomic mass is 10.0. The van der Waals surface area contributed by atoms with Gasteiger partial charge in [0.15, 0.2) is 16.9 Å². The van der Waals surface area contributed by atoms with Gasteiger partial charge in [0.25, 0.3) is 10.1 Å². The smallest absolute Gasteiger partial charge is 0.264 e. The summed E-state index contributed by atoms with van der Waals surface area (Å²) in [6.45, 7) is 22.0. The summed E-state index contributed by atoms with van der Waals surface area (Å²) < 4.78 is 49.0. The zero-order valence-corrected chi connectivity index (χ0v) is 46.8. The van der Waals surface area contributed by atoms with E-state index in [9.17, 15) is 8.42 Å². The third-order valence-corrected chi connectivity index (χ3v) is 13.2. The van der Waals surface area contributed by atoms with Crippen LogP contribution in [0.3, 0.4) is 0 Å². The van der Waals surface area contributed by atoms with E-state index < -0.39 is 10.1 Å². The predicted molar refractivity (Wildman–Crippen MR) is 325 cm³/mol. The van der Waals surface area contributed by atoms with Crippen LogP contribution in [0.25, 0.3) is 16.9 Å². The van der Waals surface area contributed by atoms with Crippen LogP contribution in [-0.2, 0) is 52.8 Å². The Labute approximate surface area is 476 Å². The quantitative estimate of drug-likeness (QED) is 0.0563. The maximum atomic E-state index is 10.9. The molecule has 16 nitrogen and oxygen atoms in total. The van der Waals surface area contributed by atoms with Gasteiger partial charge in [0.1, 0.15) is 37.1 Å². The molecule has 1 N–H and O–H groups in total. The minimum atomic E-state index is -3.44. The molecule has 0 unspecified atom stereocenters. The summed E-state index contributed by atoms with van der Waals surface area (Å²) in [4.78, 5) is 14.1. The average Bonchev–Trinajstić information content (AvgIpc) is 4.06. The van der Waals surface area contributed by atoms with Crippen molar-refractivity contribution in [3.8, 4) is 17.2 Å². The molecule has 9 rings (SSSR count). The van der Waals surface area contributed by atoms with Crippen molar-refractivity contribution in [3.63, 3.8) is 0 Å². The molecule has 0 amide bonds. The van der Waals surface area contributed by atoms with Crippen LogP contribution >= 0.6 is 0 Å². The number of aromatic nitrogens is 9. The lowest BCUT2D eigenvalue weighted by molar-refractivity contribution is 0.201. The molecule has 80 heavy (non-hydrogen) atoms. The van der Waals surface area contributed by atoms with E-state index in [2.05, 4.69) is 82.1 Å². The van der Waals surface area contributed by atoms with Crippen LogP contribution < -0.4 is 14.2 Å². The molecular formula is C63H89N9O7S. The number of benzene rings is 3. The molecule has 0 atom stereocenters. The molecule has 0 spiro atoms.